The Morgan fingerprint density at radius 2 is 1.90 bits per heavy atom. The van der Waals surface area contributed by atoms with Gasteiger partial charge in [0.05, 0.1) is 24.0 Å². The Hall–Kier alpha value is -2.38. The molecule has 7 heteroatoms. The van der Waals surface area contributed by atoms with Gasteiger partial charge in [-0.3, -0.25) is 4.79 Å². The summed E-state index contributed by atoms with van der Waals surface area (Å²) in [5, 5.41) is 3.19. The molecule has 6 nitrogen and oxygen atoms in total. The van der Waals surface area contributed by atoms with E-state index in [4.69, 9.17) is 4.74 Å². The van der Waals surface area contributed by atoms with Gasteiger partial charge in [0.25, 0.3) is 0 Å². The molecule has 0 bridgehead atoms. The SMILES string of the molecule is COc1ccc2c(c1)CCC[C@H]2NC(=O)[C@H]1CCCN(S(=O)(=O)c2ccccc2)C1. The van der Waals surface area contributed by atoms with Gasteiger partial charge in [0.1, 0.15) is 5.75 Å². The zero-order valence-corrected chi connectivity index (χ0v) is 18.0. The van der Waals surface area contributed by atoms with Crippen molar-refractivity contribution in [3.05, 3.63) is 59.7 Å². The number of amides is 1. The van der Waals surface area contributed by atoms with Gasteiger partial charge in [-0.15, -0.1) is 0 Å². The van der Waals surface area contributed by atoms with Gasteiger partial charge in [0.15, 0.2) is 0 Å². The van der Waals surface area contributed by atoms with Gasteiger partial charge in [-0.1, -0.05) is 24.3 Å². The second kappa shape index (κ2) is 8.78. The van der Waals surface area contributed by atoms with Gasteiger partial charge in [0.2, 0.25) is 15.9 Å². The predicted molar refractivity (Wildman–Crippen MR) is 115 cm³/mol. The van der Waals surface area contributed by atoms with Crippen molar-refractivity contribution in [3.8, 4) is 5.75 Å². The number of hydrogen-bond donors (Lipinski definition) is 1. The van der Waals surface area contributed by atoms with Crippen LogP contribution in [-0.2, 0) is 21.2 Å². The zero-order valence-electron chi connectivity index (χ0n) is 17.2. The van der Waals surface area contributed by atoms with Crippen LogP contribution in [-0.4, -0.2) is 38.8 Å². The fourth-order valence-electron chi connectivity index (χ4n) is 4.47. The second-order valence-corrected chi connectivity index (χ2v) is 9.97. The van der Waals surface area contributed by atoms with Crippen LogP contribution in [0.3, 0.4) is 0 Å². The van der Waals surface area contributed by atoms with Gasteiger partial charge in [-0.25, -0.2) is 8.42 Å². The molecule has 160 valence electrons. The third-order valence-corrected chi connectivity index (χ3v) is 8.00. The maximum atomic E-state index is 13.1. The molecule has 2 atom stereocenters. The minimum atomic E-state index is -3.58. The summed E-state index contributed by atoms with van der Waals surface area (Å²) in [4.78, 5) is 13.3. The molecule has 30 heavy (non-hydrogen) atoms. The Kier molecular flexibility index (Phi) is 6.11. The molecule has 4 rings (SSSR count). The van der Waals surface area contributed by atoms with Crippen LogP contribution in [0.4, 0.5) is 0 Å². The van der Waals surface area contributed by atoms with Crippen LogP contribution in [0.25, 0.3) is 0 Å². The van der Waals surface area contributed by atoms with Gasteiger partial charge in [-0.2, -0.15) is 4.31 Å². The van der Waals surface area contributed by atoms with Crippen LogP contribution in [0.5, 0.6) is 5.75 Å². The van der Waals surface area contributed by atoms with E-state index in [-0.39, 0.29) is 29.3 Å². The molecule has 1 amide bonds. The van der Waals surface area contributed by atoms with Gasteiger partial charge in [-0.05, 0) is 67.5 Å². The lowest BCUT2D eigenvalue weighted by Crippen LogP contribution is -2.46. The summed E-state index contributed by atoms with van der Waals surface area (Å²) >= 11 is 0. The van der Waals surface area contributed by atoms with Crippen LogP contribution in [0.1, 0.15) is 42.9 Å². The van der Waals surface area contributed by atoms with Crippen LogP contribution >= 0.6 is 0 Å². The second-order valence-electron chi connectivity index (χ2n) is 8.03. The third-order valence-electron chi connectivity index (χ3n) is 6.12. The number of sulfonamides is 1. The van der Waals surface area contributed by atoms with Crippen molar-refractivity contribution in [1.29, 1.82) is 0 Å². The molecule has 0 spiro atoms. The molecule has 0 unspecified atom stereocenters. The molecule has 1 N–H and O–H groups in total. The Balaban J connectivity index is 1.46. The molecule has 1 aliphatic carbocycles. The number of fused-ring (bicyclic) bond motifs is 1. The average molecular weight is 429 g/mol. The maximum absolute atomic E-state index is 13.1. The van der Waals surface area contributed by atoms with Crippen LogP contribution in [0, 0.1) is 5.92 Å². The number of carbonyl (C=O) groups excluding carboxylic acids is 1. The molecular formula is C23H28N2O4S. The lowest BCUT2D eigenvalue weighted by Gasteiger charge is -2.33. The summed E-state index contributed by atoms with van der Waals surface area (Å²) in [7, 11) is -1.92. The van der Waals surface area contributed by atoms with Crippen molar-refractivity contribution in [2.75, 3.05) is 20.2 Å². The minimum Gasteiger partial charge on any atom is -0.497 e. The van der Waals surface area contributed by atoms with Crippen molar-refractivity contribution in [2.24, 2.45) is 5.92 Å². The smallest absolute Gasteiger partial charge is 0.243 e. The van der Waals surface area contributed by atoms with Crippen molar-refractivity contribution >= 4 is 15.9 Å². The highest BCUT2D eigenvalue weighted by Gasteiger charge is 2.34. The number of methoxy groups -OCH3 is 1. The molecule has 2 aromatic rings. The molecule has 2 aliphatic rings. The summed E-state index contributed by atoms with van der Waals surface area (Å²) in [6, 6.07) is 14.4. The summed E-state index contributed by atoms with van der Waals surface area (Å²) < 4.78 is 32.7. The number of benzene rings is 2. The first kappa shape index (κ1) is 20.9. The summed E-state index contributed by atoms with van der Waals surface area (Å²) in [5.41, 5.74) is 2.35. The fraction of sp³-hybridized carbons (Fsp3) is 0.435. The van der Waals surface area contributed by atoms with E-state index in [1.807, 2.05) is 18.2 Å². The minimum absolute atomic E-state index is 0.0340. The van der Waals surface area contributed by atoms with Crippen molar-refractivity contribution < 1.29 is 17.9 Å². The Morgan fingerprint density at radius 3 is 2.67 bits per heavy atom. The first-order valence-corrected chi connectivity index (χ1v) is 12.0. The number of ether oxygens (including phenoxy) is 1. The largest absolute Gasteiger partial charge is 0.497 e. The van der Waals surface area contributed by atoms with E-state index < -0.39 is 10.0 Å². The lowest BCUT2D eigenvalue weighted by atomic mass is 9.87. The molecule has 1 aliphatic heterocycles. The number of piperidine rings is 1. The van der Waals surface area contributed by atoms with E-state index in [9.17, 15) is 13.2 Å². The summed E-state index contributed by atoms with van der Waals surface area (Å²) in [5.74, 6) is 0.437. The predicted octanol–water partition coefficient (Wildman–Crippen LogP) is 3.29. The summed E-state index contributed by atoms with van der Waals surface area (Å²) in [6.45, 7) is 0.679. The highest BCUT2D eigenvalue weighted by Crippen LogP contribution is 2.33. The van der Waals surface area contributed by atoms with Crippen molar-refractivity contribution in [1.82, 2.24) is 9.62 Å². The number of aryl methyl sites for hydroxylation is 1. The standard InChI is InChI=1S/C23H28N2O4S/c1-29-19-12-13-21-17(15-19)7-5-11-22(21)24-23(26)18-8-6-14-25(16-18)30(27,28)20-9-3-2-4-10-20/h2-4,9-10,12-13,15,18,22H,5-8,11,14,16H2,1H3,(H,24,26)/t18-,22+/m0/s1. The fourth-order valence-corrected chi connectivity index (χ4v) is 6.02. The molecule has 1 heterocycles. The number of rotatable bonds is 5. The highest BCUT2D eigenvalue weighted by molar-refractivity contribution is 7.89. The van der Waals surface area contributed by atoms with Gasteiger partial charge >= 0.3 is 0 Å². The zero-order chi connectivity index (χ0) is 21.1. The van der Waals surface area contributed by atoms with Gasteiger partial charge < -0.3 is 10.1 Å². The third kappa shape index (κ3) is 4.23. The number of nitrogens with zero attached hydrogens (tertiary/aromatic N) is 1. The molecule has 0 aromatic heterocycles. The first-order chi connectivity index (χ1) is 14.5. The monoisotopic (exact) mass is 428 g/mol. The Labute approximate surface area is 178 Å². The van der Waals surface area contributed by atoms with E-state index in [0.29, 0.717) is 19.4 Å². The molecule has 0 saturated carbocycles. The van der Waals surface area contributed by atoms with E-state index >= 15 is 0 Å². The van der Waals surface area contributed by atoms with E-state index in [1.165, 1.54) is 9.87 Å². The normalized spacial score (nSPS) is 22.2. The molecule has 1 fully saturated rings. The lowest BCUT2D eigenvalue weighted by molar-refractivity contribution is -0.127. The van der Waals surface area contributed by atoms with Crippen molar-refractivity contribution in [2.45, 2.75) is 43.0 Å². The Morgan fingerprint density at radius 1 is 1.10 bits per heavy atom. The topological polar surface area (TPSA) is 75.7 Å². The van der Waals surface area contributed by atoms with Crippen molar-refractivity contribution in [3.63, 3.8) is 0 Å². The van der Waals surface area contributed by atoms with E-state index in [2.05, 4.69) is 5.32 Å². The van der Waals surface area contributed by atoms with Crippen LogP contribution in [0.2, 0.25) is 0 Å². The van der Waals surface area contributed by atoms with Crippen LogP contribution < -0.4 is 10.1 Å². The van der Waals surface area contributed by atoms with Crippen LogP contribution in [0.15, 0.2) is 53.4 Å². The van der Waals surface area contributed by atoms with E-state index in [1.54, 1.807) is 37.4 Å². The quantitative estimate of drug-likeness (QED) is 0.793. The summed E-state index contributed by atoms with van der Waals surface area (Å²) in [6.07, 6.45) is 4.26. The highest BCUT2D eigenvalue weighted by atomic mass is 32.2. The number of hydrogen-bond acceptors (Lipinski definition) is 4. The molecular weight excluding hydrogens is 400 g/mol. The maximum Gasteiger partial charge on any atom is 0.243 e. The van der Waals surface area contributed by atoms with Gasteiger partial charge in [0, 0.05) is 13.1 Å². The number of carbonyl (C=O) groups is 1. The average Bonchev–Trinajstić information content (AvgIpc) is 2.79. The van der Waals surface area contributed by atoms with E-state index in [0.717, 1.165) is 30.6 Å². The molecule has 1 saturated heterocycles. The molecule has 0 radical (unpaired) electrons. The Bertz CT molecular complexity index is 1010. The molecule has 2 aromatic carbocycles. The first-order valence-electron chi connectivity index (χ1n) is 10.5. The number of nitrogens with one attached hydrogen (secondary N) is 1.